The van der Waals surface area contributed by atoms with Crippen LogP contribution in [0.4, 0.5) is 11.8 Å². The number of rotatable bonds is 11. The Labute approximate surface area is 200 Å². The van der Waals surface area contributed by atoms with Crippen LogP contribution in [0.5, 0.6) is 0 Å². The van der Waals surface area contributed by atoms with Crippen LogP contribution < -0.4 is 16.6 Å². The number of aromatic amines is 1. The van der Waals surface area contributed by atoms with Crippen molar-refractivity contribution in [3.8, 4) is 23.5 Å². The van der Waals surface area contributed by atoms with Crippen molar-refractivity contribution < 1.29 is 5.11 Å². The van der Waals surface area contributed by atoms with Crippen molar-refractivity contribution in [2.24, 2.45) is 0 Å². The van der Waals surface area contributed by atoms with Gasteiger partial charge in [0, 0.05) is 37.2 Å². The highest BCUT2D eigenvalue weighted by Crippen LogP contribution is 2.31. The van der Waals surface area contributed by atoms with Gasteiger partial charge >= 0.3 is 0 Å². The molecule has 0 saturated heterocycles. The van der Waals surface area contributed by atoms with E-state index < -0.39 is 5.54 Å². The first-order valence-corrected chi connectivity index (χ1v) is 11.6. The van der Waals surface area contributed by atoms with Crippen LogP contribution in [-0.2, 0) is 6.54 Å². The molecule has 0 unspecified atom stereocenters. The highest BCUT2D eigenvalue weighted by Gasteiger charge is 2.24. The van der Waals surface area contributed by atoms with Gasteiger partial charge in [-0.25, -0.2) is 4.98 Å². The second-order valence-corrected chi connectivity index (χ2v) is 9.04. The Morgan fingerprint density at radius 3 is 2.82 bits per heavy atom. The maximum Gasteiger partial charge on any atom is 0.248 e. The maximum atomic E-state index is 12.1. The quantitative estimate of drug-likeness (QED) is 0.322. The van der Waals surface area contributed by atoms with Gasteiger partial charge in [0.2, 0.25) is 11.5 Å². The van der Waals surface area contributed by atoms with E-state index in [2.05, 4.69) is 38.0 Å². The molecule has 180 valence electrons. The van der Waals surface area contributed by atoms with Crippen LogP contribution >= 0.6 is 0 Å². The number of anilines is 2. The van der Waals surface area contributed by atoms with Gasteiger partial charge < -0.3 is 26.0 Å². The number of benzene rings is 1. The van der Waals surface area contributed by atoms with Gasteiger partial charge in [-0.2, -0.15) is 4.98 Å². The second kappa shape index (κ2) is 11.1. The summed E-state index contributed by atoms with van der Waals surface area (Å²) in [5, 5.41) is 14.2. The van der Waals surface area contributed by atoms with E-state index in [0.29, 0.717) is 24.3 Å². The molecule has 3 rings (SSSR count). The molecule has 0 spiro atoms. The summed E-state index contributed by atoms with van der Waals surface area (Å²) in [6.45, 7) is 5.46. The molecule has 1 atom stereocenters. The van der Waals surface area contributed by atoms with Crippen molar-refractivity contribution in [1.82, 2.24) is 19.9 Å². The smallest absolute Gasteiger partial charge is 0.248 e. The molecule has 8 heteroatoms. The predicted molar refractivity (Wildman–Crippen MR) is 138 cm³/mol. The molecule has 5 N–H and O–H groups in total. The summed E-state index contributed by atoms with van der Waals surface area (Å²) in [7, 11) is 2.00. The van der Waals surface area contributed by atoms with Crippen molar-refractivity contribution in [1.29, 1.82) is 0 Å². The molecule has 34 heavy (non-hydrogen) atoms. The van der Waals surface area contributed by atoms with E-state index in [1.54, 1.807) is 12.3 Å². The number of terminal acetylenes is 1. The number of unbranched alkanes of at least 4 members (excludes halogenated alkanes) is 1. The van der Waals surface area contributed by atoms with Crippen LogP contribution in [0.1, 0.15) is 45.1 Å². The molecule has 2 aromatic heterocycles. The van der Waals surface area contributed by atoms with Crippen molar-refractivity contribution in [3.05, 3.63) is 46.4 Å². The summed E-state index contributed by atoms with van der Waals surface area (Å²) in [6, 6.07) is 7.40. The zero-order valence-electron chi connectivity index (χ0n) is 20.2. The number of hydrogen-bond acceptors (Lipinski definition) is 7. The van der Waals surface area contributed by atoms with Gasteiger partial charge in [-0.3, -0.25) is 4.79 Å². The van der Waals surface area contributed by atoms with Gasteiger partial charge in [0.1, 0.15) is 5.82 Å². The lowest BCUT2D eigenvalue weighted by Gasteiger charge is -2.30. The monoisotopic (exact) mass is 462 g/mol. The van der Waals surface area contributed by atoms with E-state index in [1.807, 2.05) is 32.2 Å². The summed E-state index contributed by atoms with van der Waals surface area (Å²) < 4.78 is 0. The van der Waals surface area contributed by atoms with Crippen LogP contribution in [0.3, 0.4) is 0 Å². The molecule has 0 radical (unpaired) electrons. The molecule has 0 bridgehead atoms. The Morgan fingerprint density at radius 1 is 1.32 bits per heavy atom. The fourth-order valence-corrected chi connectivity index (χ4v) is 3.97. The normalized spacial score (nSPS) is 13.1. The highest BCUT2D eigenvalue weighted by molar-refractivity contribution is 5.93. The number of pyridine rings is 1. The number of aromatic nitrogens is 3. The summed E-state index contributed by atoms with van der Waals surface area (Å²) in [5.74, 6) is 3.38. The van der Waals surface area contributed by atoms with E-state index >= 15 is 0 Å². The highest BCUT2D eigenvalue weighted by atomic mass is 16.3. The number of aliphatic hydroxyl groups excluding tert-OH is 1. The lowest BCUT2D eigenvalue weighted by Crippen LogP contribution is -2.39. The molecule has 3 aromatic rings. The SMILES string of the molecule is C#CCCN(C)Cc1c[nH]c(=O)cc1-c1ccc2c(N[C@@](C)(CO)CCCC)nc(N)nc2c1. The number of nitrogens with zero attached hydrogens (tertiary/aromatic N) is 3. The first-order valence-electron chi connectivity index (χ1n) is 11.6. The number of hydrogen-bond donors (Lipinski definition) is 4. The van der Waals surface area contributed by atoms with Gasteiger partial charge in [-0.15, -0.1) is 12.3 Å². The molecule has 1 aromatic carbocycles. The fraction of sp³-hybridized carbons (Fsp3) is 0.423. The van der Waals surface area contributed by atoms with E-state index in [0.717, 1.165) is 47.9 Å². The van der Waals surface area contributed by atoms with Gasteiger partial charge in [0.05, 0.1) is 17.7 Å². The minimum Gasteiger partial charge on any atom is -0.394 e. The van der Waals surface area contributed by atoms with Crippen LogP contribution in [0.15, 0.2) is 35.3 Å². The molecule has 8 nitrogen and oxygen atoms in total. The Kier molecular flexibility index (Phi) is 8.26. The van der Waals surface area contributed by atoms with Crippen LogP contribution in [0.2, 0.25) is 0 Å². The molecule has 0 aliphatic rings. The van der Waals surface area contributed by atoms with Gasteiger partial charge in [-0.05, 0) is 49.2 Å². The van der Waals surface area contributed by atoms with E-state index in [-0.39, 0.29) is 18.1 Å². The number of fused-ring (bicyclic) bond motifs is 1. The van der Waals surface area contributed by atoms with E-state index in [4.69, 9.17) is 12.2 Å². The standard InChI is InChI=1S/C26H34N6O2/c1-5-7-11-26(3,17-33)31-24-20-10-9-18(13-22(20)29-25(27)30-24)21-14-23(34)28-15-19(21)16-32(4)12-8-6-2/h2,9-10,13-15,33H,5,7-8,11-12,16-17H2,1,3-4H3,(H,28,34)(H3,27,29,30,31)/t26-/m1/s1. The molecular formula is C26H34N6O2. The summed E-state index contributed by atoms with van der Waals surface area (Å²) >= 11 is 0. The Balaban J connectivity index is 2.02. The fourth-order valence-electron chi connectivity index (χ4n) is 3.97. The first kappa shape index (κ1) is 25.2. The van der Waals surface area contributed by atoms with Crippen LogP contribution in [-0.4, -0.2) is 50.7 Å². The van der Waals surface area contributed by atoms with Gasteiger partial charge in [-0.1, -0.05) is 25.8 Å². The summed E-state index contributed by atoms with van der Waals surface area (Å²) in [6.07, 6.45) is 10.6. The van der Waals surface area contributed by atoms with Gasteiger partial charge in [0.25, 0.3) is 0 Å². The van der Waals surface area contributed by atoms with Crippen molar-refractivity contribution in [2.45, 2.75) is 51.6 Å². The number of nitrogens with two attached hydrogens (primary N) is 1. The molecule has 0 aliphatic heterocycles. The summed E-state index contributed by atoms with van der Waals surface area (Å²) in [4.78, 5) is 25.9. The van der Waals surface area contributed by atoms with Crippen molar-refractivity contribution >= 4 is 22.7 Å². The third-order valence-corrected chi connectivity index (χ3v) is 5.96. The van der Waals surface area contributed by atoms with Gasteiger partial charge in [0.15, 0.2) is 0 Å². The zero-order valence-corrected chi connectivity index (χ0v) is 20.2. The van der Waals surface area contributed by atoms with Crippen LogP contribution in [0, 0.1) is 12.3 Å². The molecule has 0 amide bonds. The summed E-state index contributed by atoms with van der Waals surface area (Å²) in [5.41, 5.74) is 8.67. The third-order valence-electron chi connectivity index (χ3n) is 5.96. The zero-order chi connectivity index (χ0) is 24.7. The number of H-pyrrole nitrogens is 1. The lowest BCUT2D eigenvalue weighted by molar-refractivity contribution is 0.212. The minimum atomic E-state index is -0.523. The molecule has 0 saturated carbocycles. The predicted octanol–water partition coefficient (Wildman–Crippen LogP) is 3.38. The topological polar surface area (TPSA) is 120 Å². The molecule has 0 aliphatic carbocycles. The average molecular weight is 463 g/mol. The van der Waals surface area contributed by atoms with Crippen molar-refractivity contribution in [3.63, 3.8) is 0 Å². The molecule has 2 heterocycles. The van der Waals surface area contributed by atoms with Crippen LogP contribution in [0.25, 0.3) is 22.0 Å². The lowest BCUT2D eigenvalue weighted by atomic mass is 9.95. The maximum absolute atomic E-state index is 12.1. The number of aliphatic hydroxyl groups is 1. The van der Waals surface area contributed by atoms with E-state index in [1.165, 1.54) is 0 Å². The number of nitrogens with one attached hydrogen (secondary N) is 2. The Bertz CT molecular complexity index is 1230. The Morgan fingerprint density at radius 2 is 2.12 bits per heavy atom. The number of nitrogen functional groups attached to an aromatic ring is 1. The van der Waals surface area contributed by atoms with E-state index in [9.17, 15) is 9.90 Å². The molecule has 0 fully saturated rings. The Hall–Kier alpha value is -3.41. The second-order valence-electron chi connectivity index (χ2n) is 9.04. The minimum absolute atomic E-state index is 0.0279. The first-order chi connectivity index (χ1) is 16.3. The average Bonchev–Trinajstić information content (AvgIpc) is 2.82. The molecular weight excluding hydrogens is 428 g/mol. The largest absolute Gasteiger partial charge is 0.394 e. The van der Waals surface area contributed by atoms with Crippen molar-refractivity contribution in [2.75, 3.05) is 31.2 Å². The third kappa shape index (κ3) is 6.13.